The average Bonchev–Trinajstić information content (AvgIpc) is 2.92. The number of halogens is 3. The second-order valence-corrected chi connectivity index (χ2v) is 5.58. The third kappa shape index (κ3) is 3.12. The summed E-state index contributed by atoms with van der Waals surface area (Å²) in [7, 11) is 0. The summed E-state index contributed by atoms with van der Waals surface area (Å²) >= 11 is 1.54. The lowest BCUT2D eigenvalue weighted by Crippen LogP contribution is -2.17. The number of carbonyl (C=O) groups excluding carboxylic acids is 1. The second-order valence-electron chi connectivity index (χ2n) is 4.63. The lowest BCUT2D eigenvalue weighted by Gasteiger charge is -2.11. The summed E-state index contributed by atoms with van der Waals surface area (Å²) < 4.78 is 42.0. The van der Waals surface area contributed by atoms with Crippen LogP contribution in [0.15, 0.2) is 47.8 Å². The Morgan fingerprint density at radius 3 is 2.55 bits per heavy atom. The van der Waals surface area contributed by atoms with Gasteiger partial charge in [0.2, 0.25) is 0 Å². The molecule has 22 heavy (non-hydrogen) atoms. The molecule has 0 fully saturated rings. The monoisotopic (exact) mass is 322 g/mol. The van der Waals surface area contributed by atoms with Crippen molar-refractivity contribution in [2.24, 2.45) is 0 Å². The zero-order chi connectivity index (χ0) is 15.7. The molecule has 0 atom stereocenters. The van der Waals surface area contributed by atoms with Crippen LogP contribution in [0, 0.1) is 0 Å². The lowest BCUT2D eigenvalue weighted by molar-refractivity contribution is -0.274. The highest BCUT2D eigenvalue weighted by Crippen LogP contribution is 2.32. The molecule has 1 aromatic heterocycles. The van der Waals surface area contributed by atoms with Gasteiger partial charge in [-0.05, 0) is 52.2 Å². The van der Waals surface area contributed by atoms with Crippen molar-refractivity contribution in [3.8, 4) is 16.9 Å². The zero-order valence-electron chi connectivity index (χ0n) is 11.1. The standard InChI is InChI=1S/C16H9F3O2S/c17-16(18,19)21-14-6-10(9-20)5-13(7-14)12-2-1-11-3-4-22-15(11)8-12/h1-9H. The third-order valence-corrected chi connectivity index (χ3v) is 3.97. The van der Waals surface area contributed by atoms with Crippen molar-refractivity contribution in [3.63, 3.8) is 0 Å². The van der Waals surface area contributed by atoms with Crippen LogP contribution in [-0.2, 0) is 0 Å². The number of alkyl halides is 3. The van der Waals surface area contributed by atoms with Crippen molar-refractivity contribution >= 4 is 27.7 Å². The van der Waals surface area contributed by atoms with Gasteiger partial charge in [-0.3, -0.25) is 4.79 Å². The normalized spacial score (nSPS) is 11.6. The molecule has 3 rings (SSSR count). The van der Waals surface area contributed by atoms with Crippen LogP contribution in [0.5, 0.6) is 5.75 Å². The maximum Gasteiger partial charge on any atom is 0.573 e. The van der Waals surface area contributed by atoms with Gasteiger partial charge in [0.15, 0.2) is 0 Å². The van der Waals surface area contributed by atoms with Gasteiger partial charge in [-0.15, -0.1) is 24.5 Å². The largest absolute Gasteiger partial charge is 0.573 e. The maximum atomic E-state index is 12.4. The summed E-state index contributed by atoms with van der Waals surface area (Å²) in [6.07, 6.45) is -4.30. The van der Waals surface area contributed by atoms with Gasteiger partial charge >= 0.3 is 6.36 Å². The van der Waals surface area contributed by atoms with Crippen LogP contribution in [0.1, 0.15) is 10.4 Å². The van der Waals surface area contributed by atoms with E-state index in [-0.39, 0.29) is 5.56 Å². The van der Waals surface area contributed by atoms with E-state index < -0.39 is 12.1 Å². The highest BCUT2D eigenvalue weighted by atomic mass is 32.1. The first-order chi connectivity index (χ1) is 10.4. The Balaban J connectivity index is 2.08. The number of thiophene rings is 1. The van der Waals surface area contributed by atoms with E-state index >= 15 is 0 Å². The minimum Gasteiger partial charge on any atom is -0.406 e. The topological polar surface area (TPSA) is 26.3 Å². The molecule has 1 heterocycles. The number of fused-ring (bicyclic) bond motifs is 1. The second kappa shape index (κ2) is 5.46. The first kappa shape index (κ1) is 14.6. The molecule has 0 aliphatic carbocycles. The van der Waals surface area contributed by atoms with E-state index in [2.05, 4.69) is 4.74 Å². The Morgan fingerprint density at radius 1 is 1.00 bits per heavy atom. The highest BCUT2D eigenvalue weighted by Gasteiger charge is 2.31. The van der Waals surface area contributed by atoms with Gasteiger partial charge in [-0.25, -0.2) is 0 Å². The molecule has 0 aliphatic rings. The fourth-order valence-electron chi connectivity index (χ4n) is 2.18. The van der Waals surface area contributed by atoms with E-state index in [0.717, 1.165) is 21.7 Å². The van der Waals surface area contributed by atoms with Gasteiger partial charge in [0, 0.05) is 10.3 Å². The SMILES string of the molecule is O=Cc1cc(OC(F)(F)F)cc(-c2ccc3ccsc3c2)c1. The van der Waals surface area contributed by atoms with E-state index in [4.69, 9.17) is 0 Å². The molecule has 0 radical (unpaired) electrons. The molecule has 3 aromatic rings. The molecule has 0 unspecified atom stereocenters. The summed E-state index contributed by atoms with van der Waals surface area (Å²) in [5, 5.41) is 3.00. The highest BCUT2D eigenvalue weighted by molar-refractivity contribution is 7.17. The molecule has 0 aliphatic heterocycles. The van der Waals surface area contributed by atoms with Crippen molar-refractivity contribution in [1.82, 2.24) is 0 Å². The average molecular weight is 322 g/mol. The van der Waals surface area contributed by atoms with Gasteiger partial charge in [0.1, 0.15) is 12.0 Å². The summed E-state index contributed by atoms with van der Waals surface area (Å²) in [5.41, 5.74) is 1.35. The van der Waals surface area contributed by atoms with E-state index in [1.54, 1.807) is 6.07 Å². The summed E-state index contributed by atoms with van der Waals surface area (Å²) in [6, 6.07) is 11.4. The Morgan fingerprint density at radius 2 is 1.82 bits per heavy atom. The Bertz CT molecular complexity index is 837. The lowest BCUT2D eigenvalue weighted by atomic mass is 10.0. The van der Waals surface area contributed by atoms with Crippen LogP contribution in [-0.4, -0.2) is 12.6 Å². The van der Waals surface area contributed by atoms with Crippen LogP contribution >= 0.6 is 11.3 Å². The minimum absolute atomic E-state index is 0.128. The van der Waals surface area contributed by atoms with Crippen molar-refractivity contribution in [1.29, 1.82) is 0 Å². The minimum atomic E-state index is -4.80. The molecule has 0 saturated carbocycles. The predicted molar refractivity (Wildman–Crippen MR) is 79.3 cm³/mol. The smallest absolute Gasteiger partial charge is 0.406 e. The fraction of sp³-hybridized carbons (Fsp3) is 0.0625. The fourth-order valence-corrected chi connectivity index (χ4v) is 3.01. The summed E-state index contributed by atoms with van der Waals surface area (Å²) in [5.74, 6) is -0.404. The van der Waals surface area contributed by atoms with Crippen LogP contribution in [0.3, 0.4) is 0 Å². The number of benzene rings is 2. The van der Waals surface area contributed by atoms with E-state index in [0.29, 0.717) is 11.8 Å². The number of hydrogen-bond acceptors (Lipinski definition) is 3. The van der Waals surface area contributed by atoms with Crippen molar-refractivity contribution in [2.45, 2.75) is 6.36 Å². The predicted octanol–water partition coefficient (Wildman–Crippen LogP) is 5.28. The third-order valence-electron chi connectivity index (χ3n) is 3.09. The molecule has 0 spiro atoms. The molecule has 2 aromatic carbocycles. The number of aldehydes is 1. The van der Waals surface area contributed by atoms with E-state index in [1.807, 2.05) is 23.6 Å². The van der Waals surface area contributed by atoms with Gasteiger partial charge in [-0.2, -0.15) is 0 Å². The van der Waals surface area contributed by atoms with Crippen molar-refractivity contribution < 1.29 is 22.7 Å². The quantitative estimate of drug-likeness (QED) is 0.613. The first-order valence-corrected chi connectivity index (χ1v) is 7.16. The molecule has 0 amide bonds. The molecular formula is C16H9F3O2S. The summed E-state index contributed by atoms with van der Waals surface area (Å²) in [6.45, 7) is 0. The Labute approximate surface area is 127 Å². The number of hydrogen-bond donors (Lipinski definition) is 0. The van der Waals surface area contributed by atoms with Crippen molar-refractivity contribution in [2.75, 3.05) is 0 Å². The summed E-state index contributed by atoms with van der Waals surface area (Å²) in [4.78, 5) is 10.9. The van der Waals surface area contributed by atoms with Crippen LogP contribution in [0.25, 0.3) is 21.2 Å². The van der Waals surface area contributed by atoms with Gasteiger partial charge < -0.3 is 4.74 Å². The molecular weight excluding hydrogens is 313 g/mol. The number of ether oxygens (including phenoxy) is 1. The van der Waals surface area contributed by atoms with Crippen LogP contribution in [0.4, 0.5) is 13.2 Å². The van der Waals surface area contributed by atoms with E-state index in [9.17, 15) is 18.0 Å². The maximum absolute atomic E-state index is 12.4. The van der Waals surface area contributed by atoms with Crippen LogP contribution in [0.2, 0.25) is 0 Å². The number of rotatable bonds is 3. The zero-order valence-corrected chi connectivity index (χ0v) is 11.9. The molecule has 0 bridgehead atoms. The molecule has 0 saturated heterocycles. The van der Waals surface area contributed by atoms with Gasteiger partial charge in [-0.1, -0.05) is 12.1 Å². The van der Waals surface area contributed by atoms with E-state index in [1.165, 1.54) is 23.5 Å². The molecule has 0 N–H and O–H groups in total. The first-order valence-electron chi connectivity index (χ1n) is 6.28. The van der Waals surface area contributed by atoms with Gasteiger partial charge in [0.25, 0.3) is 0 Å². The number of carbonyl (C=O) groups is 1. The molecule has 112 valence electrons. The molecule has 6 heteroatoms. The van der Waals surface area contributed by atoms with Crippen LogP contribution < -0.4 is 4.74 Å². The molecule has 2 nitrogen and oxygen atoms in total. The Hall–Kier alpha value is -2.34. The Kier molecular flexibility index (Phi) is 3.62. The van der Waals surface area contributed by atoms with Gasteiger partial charge in [0.05, 0.1) is 0 Å². The van der Waals surface area contributed by atoms with Crippen molar-refractivity contribution in [3.05, 3.63) is 53.4 Å².